The second-order valence-electron chi connectivity index (χ2n) is 4.36. The van der Waals surface area contributed by atoms with Crippen molar-refractivity contribution in [2.24, 2.45) is 0 Å². The molecule has 2 heterocycles. The largest absolute Gasteiger partial charge is 0.439 e. The standard InChI is InChI=1S/C11H16F2N2O/c1-11(12,13)9-7-15-10(16-9)6-8-4-2-3-5-14-8/h7-8,14H,2-6H2,1H3. The van der Waals surface area contributed by atoms with Crippen LogP contribution in [0.3, 0.4) is 0 Å². The molecule has 1 saturated heterocycles. The molecule has 1 unspecified atom stereocenters. The molecule has 1 fully saturated rings. The molecule has 0 radical (unpaired) electrons. The van der Waals surface area contributed by atoms with Gasteiger partial charge in [-0.15, -0.1) is 0 Å². The summed E-state index contributed by atoms with van der Waals surface area (Å²) in [7, 11) is 0. The molecular formula is C11H16F2N2O. The van der Waals surface area contributed by atoms with E-state index in [1.54, 1.807) is 0 Å². The van der Waals surface area contributed by atoms with Gasteiger partial charge in [-0.3, -0.25) is 0 Å². The molecule has 0 amide bonds. The zero-order valence-corrected chi connectivity index (χ0v) is 9.30. The summed E-state index contributed by atoms with van der Waals surface area (Å²) in [5.74, 6) is -2.89. The van der Waals surface area contributed by atoms with Gasteiger partial charge in [0.1, 0.15) is 0 Å². The van der Waals surface area contributed by atoms with E-state index in [4.69, 9.17) is 4.42 Å². The molecule has 16 heavy (non-hydrogen) atoms. The van der Waals surface area contributed by atoms with Crippen molar-refractivity contribution in [1.29, 1.82) is 0 Å². The zero-order valence-electron chi connectivity index (χ0n) is 9.30. The van der Waals surface area contributed by atoms with Gasteiger partial charge in [-0.2, -0.15) is 8.78 Å². The number of alkyl halides is 2. The topological polar surface area (TPSA) is 38.1 Å². The van der Waals surface area contributed by atoms with E-state index in [2.05, 4.69) is 10.3 Å². The monoisotopic (exact) mass is 230 g/mol. The second kappa shape index (κ2) is 4.49. The quantitative estimate of drug-likeness (QED) is 0.866. The maximum atomic E-state index is 12.9. The Morgan fingerprint density at radius 2 is 2.38 bits per heavy atom. The fraction of sp³-hybridized carbons (Fsp3) is 0.727. The van der Waals surface area contributed by atoms with Gasteiger partial charge in [-0.25, -0.2) is 4.98 Å². The number of rotatable bonds is 3. The first kappa shape index (κ1) is 11.5. The minimum absolute atomic E-state index is 0.311. The van der Waals surface area contributed by atoms with Gasteiger partial charge >= 0.3 is 5.92 Å². The van der Waals surface area contributed by atoms with Gasteiger partial charge in [0.15, 0.2) is 11.7 Å². The van der Waals surface area contributed by atoms with Crippen LogP contribution in [-0.4, -0.2) is 17.6 Å². The third-order valence-corrected chi connectivity index (χ3v) is 2.82. The summed E-state index contributed by atoms with van der Waals surface area (Å²) < 4.78 is 30.8. The number of nitrogens with one attached hydrogen (secondary N) is 1. The van der Waals surface area contributed by atoms with Crippen molar-refractivity contribution in [2.75, 3.05) is 6.54 Å². The van der Waals surface area contributed by atoms with Crippen LogP contribution in [0, 0.1) is 0 Å². The number of nitrogens with zero attached hydrogens (tertiary/aromatic N) is 1. The first-order chi connectivity index (χ1) is 7.55. The number of oxazole rings is 1. The third kappa shape index (κ3) is 2.78. The van der Waals surface area contributed by atoms with Crippen LogP contribution < -0.4 is 5.32 Å². The van der Waals surface area contributed by atoms with E-state index in [0.717, 1.165) is 26.1 Å². The van der Waals surface area contributed by atoms with Crippen LogP contribution in [0.15, 0.2) is 10.6 Å². The first-order valence-corrected chi connectivity index (χ1v) is 5.62. The Labute approximate surface area is 93.2 Å². The minimum atomic E-state index is -2.94. The van der Waals surface area contributed by atoms with Crippen molar-refractivity contribution in [1.82, 2.24) is 10.3 Å². The molecule has 0 aromatic carbocycles. The Balaban J connectivity index is 1.97. The molecular weight excluding hydrogens is 214 g/mol. The molecule has 0 spiro atoms. The van der Waals surface area contributed by atoms with E-state index in [0.29, 0.717) is 18.4 Å². The molecule has 0 bridgehead atoms. The Morgan fingerprint density at radius 3 is 2.94 bits per heavy atom. The van der Waals surface area contributed by atoms with Gasteiger partial charge < -0.3 is 9.73 Å². The van der Waals surface area contributed by atoms with Crippen LogP contribution in [0.4, 0.5) is 8.78 Å². The Hall–Kier alpha value is -0.970. The van der Waals surface area contributed by atoms with Crippen molar-refractivity contribution in [2.45, 2.75) is 44.6 Å². The van der Waals surface area contributed by atoms with E-state index in [1.807, 2.05) is 0 Å². The molecule has 1 N–H and O–H groups in total. The predicted octanol–water partition coefficient (Wildman–Crippen LogP) is 2.47. The lowest BCUT2D eigenvalue weighted by Crippen LogP contribution is -2.35. The maximum absolute atomic E-state index is 12.9. The van der Waals surface area contributed by atoms with Gasteiger partial charge in [-0.1, -0.05) is 6.42 Å². The van der Waals surface area contributed by atoms with Gasteiger partial charge in [0.25, 0.3) is 0 Å². The Morgan fingerprint density at radius 1 is 1.56 bits per heavy atom. The molecule has 1 aliphatic heterocycles. The molecule has 90 valence electrons. The summed E-state index contributed by atoms with van der Waals surface area (Å²) in [6.07, 6.45) is 5.13. The van der Waals surface area contributed by atoms with E-state index in [1.165, 1.54) is 12.8 Å². The lowest BCUT2D eigenvalue weighted by Gasteiger charge is -2.21. The molecule has 1 aromatic rings. The zero-order chi connectivity index (χ0) is 11.6. The Kier molecular flexibility index (Phi) is 3.23. The van der Waals surface area contributed by atoms with Crippen LogP contribution in [0.25, 0.3) is 0 Å². The highest BCUT2D eigenvalue weighted by Crippen LogP contribution is 2.27. The SMILES string of the molecule is CC(F)(F)c1cnc(CC2CCCCN2)o1. The number of hydrogen-bond acceptors (Lipinski definition) is 3. The van der Waals surface area contributed by atoms with Crippen molar-refractivity contribution >= 4 is 0 Å². The summed E-state index contributed by atoms with van der Waals surface area (Å²) in [5.41, 5.74) is 0. The number of piperidine rings is 1. The molecule has 0 saturated carbocycles. The third-order valence-electron chi connectivity index (χ3n) is 2.82. The maximum Gasteiger partial charge on any atom is 0.303 e. The van der Waals surface area contributed by atoms with E-state index in [-0.39, 0.29) is 5.76 Å². The molecule has 1 aromatic heterocycles. The van der Waals surface area contributed by atoms with Crippen LogP contribution in [-0.2, 0) is 12.3 Å². The summed E-state index contributed by atoms with van der Waals surface area (Å²) >= 11 is 0. The van der Waals surface area contributed by atoms with Crippen LogP contribution >= 0.6 is 0 Å². The van der Waals surface area contributed by atoms with E-state index < -0.39 is 5.92 Å². The van der Waals surface area contributed by atoms with Gasteiger partial charge in [-0.05, 0) is 19.4 Å². The van der Waals surface area contributed by atoms with E-state index >= 15 is 0 Å². The molecule has 1 atom stereocenters. The van der Waals surface area contributed by atoms with Crippen LogP contribution in [0.5, 0.6) is 0 Å². The van der Waals surface area contributed by atoms with Crippen molar-refractivity contribution in [3.63, 3.8) is 0 Å². The normalized spacial score (nSPS) is 22.3. The predicted molar refractivity (Wildman–Crippen MR) is 55.4 cm³/mol. The molecule has 0 aliphatic carbocycles. The van der Waals surface area contributed by atoms with E-state index in [9.17, 15) is 8.78 Å². The number of halogens is 2. The molecule has 1 aliphatic rings. The fourth-order valence-corrected chi connectivity index (χ4v) is 1.92. The minimum Gasteiger partial charge on any atom is -0.439 e. The molecule has 2 rings (SSSR count). The lowest BCUT2D eigenvalue weighted by atomic mass is 10.0. The Bertz CT molecular complexity index is 340. The molecule has 5 heteroatoms. The van der Waals surface area contributed by atoms with Gasteiger partial charge in [0.05, 0.1) is 6.20 Å². The fourth-order valence-electron chi connectivity index (χ4n) is 1.92. The number of hydrogen-bond donors (Lipinski definition) is 1. The molecule has 3 nitrogen and oxygen atoms in total. The average Bonchev–Trinajstić information content (AvgIpc) is 2.67. The lowest BCUT2D eigenvalue weighted by molar-refractivity contribution is -0.00638. The summed E-state index contributed by atoms with van der Waals surface area (Å²) in [5, 5.41) is 3.33. The second-order valence-corrected chi connectivity index (χ2v) is 4.36. The van der Waals surface area contributed by atoms with Crippen molar-refractivity contribution in [3.05, 3.63) is 17.8 Å². The van der Waals surface area contributed by atoms with Gasteiger partial charge in [0.2, 0.25) is 0 Å². The highest BCUT2D eigenvalue weighted by molar-refractivity contribution is 5.01. The first-order valence-electron chi connectivity index (χ1n) is 5.62. The van der Waals surface area contributed by atoms with Crippen LogP contribution in [0.2, 0.25) is 0 Å². The average molecular weight is 230 g/mol. The summed E-state index contributed by atoms with van der Waals surface area (Å²) in [4.78, 5) is 3.89. The highest BCUT2D eigenvalue weighted by Gasteiger charge is 2.29. The van der Waals surface area contributed by atoms with Crippen molar-refractivity contribution < 1.29 is 13.2 Å². The highest BCUT2D eigenvalue weighted by atomic mass is 19.3. The summed E-state index contributed by atoms with van der Waals surface area (Å²) in [6, 6.07) is 0.311. The smallest absolute Gasteiger partial charge is 0.303 e. The van der Waals surface area contributed by atoms with Gasteiger partial charge in [0, 0.05) is 19.4 Å². The number of aromatic nitrogens is 1. The van der Waals surface area contributed by atoms with Crippen LogP contribution in [0.1, 0.15) is 37.8 Å². The summed E-state index contributed by atoms with van der Waals surface area (Å²) in [6.45, 7) is 1.80. The van der Waals surface area contributed by atoms with Crippen molar-refractivity contribution in [3.8, 4) is 0 Å².